The number of nitrogens with zero attached hydrogens (tertiary/aromatic N) is 3. The van der Waals surface area contributed by atoms with Gasteiger partial charge in [-0.1, -0.05) is 18.2 Å². The van der Waals surface area contributed by atoms with Gasteiger partial charge in [-0.2, -0.15) is 0 Å². The largest absolute Gasteiger partial charge is 0.483 e. The number of rotatable bonds is 5. The molecule has 1 amide bonds. The van der Waals surface area contributed by atoms with Gasteiger partial charge in [-0.25, -0.2) is 9.97 Å². The standard InChI is InChI=1S/C17H20N4O3/c1-13-4-2-3-5-14(13)24-11-17(22)20-15-10-16(19-12-18-15)21-6-8-23-9-7-21/h2-5,10,12H,6-9,11H2,1H3,(H,18,19,20,22). The second kappa shape index (κ2) is 7.74. The molecule has 7 heteroatoms. The van der Waals surface area contributed by atoms with Crippen molar-refractivity contribution in [3.05, 3.63) is 42.2 Å². The molecule has 1 N–H and O–H groups in total. The van der Waals surface area contributed by atoms with Crippen LogP contribution in [0, 0.1) is 6.92 Å². The number of carbonyl (C=O) groups excluding carboxylic acids is 1. The van der Waals surface area contributed by atoms with Crippen molar-refractivity contribution in [1.29, 1.82) is 0 Å². The number of aromatic nitrogens is 2. The first kappa shape index (κ1) is 16.2. The maximum absolute atomic E-state index is 12.1. The number of para-hydroxylation sites is 1. The molecule has 0 spiro atoms. The summed E-state index contributed by atoms with van der Waals surface area (Å²) in [6.07, 6.45) is 1.45. The van der Waals surface area contributed by atoms with Crippen LogP contribution in [-0.4, -0.2) is 48.8 Å². The molecule has 1 fully saturated rings. The zero-order valence-electron chi connectivity index (χ0n) is 13.6. The van der Waals surface area contributed by atoms with Crippen LogP contribution in [0.3, 0.4) is 0 Å². The van der Waals surface area contributed by atoms with Gasteiger partial charge in [-0.05, 0) is 18.6 Å². The van der Waals surface area contributed by atoms with Crippen molar-refractivity contribution >= 4 is 17.5 Å². The highest BCUT2D eigenvalue weighted by Gasteiger charge is 2.14. The average Bonchev–Trinajstić information content (AvgIpc) is 2.62. The molecule has 24 heavy (non-hydrogen) atoms. The topological polar surface area (TPSA) is 76.6 Å². The van der Waals surface area contributed by atoms with Crippen molar-refractivity contribution in [2.45, 2.75) is 6.92 Å². The van der Waals surface area contributed by atoms with Gasteiger partial charge in [-0.3, -0.25) is 4.79 Å². The zero-order valence-corrected chi connectivity index (χ0v) is 13.6. The van der Waals surface area contributed by atoms with E-state index in [1.54, 1.807) is 6.07 Å². The summed E-state index contributed by atoms with van der Waals surface area (Å²) in [5.41, 5.74) is 0.988. The van der Waals surface area contributed by atoms with Crippen LogP contribution in [0.5, 0.6) is 5.75 Å². The van der Waals surface area contributed by atoms with Gasteiger partial charge in [0, 0.05) is 19.2 Å². The Bertz CT molecular complexity index is 702. The molecule has 0 radical (unpaired) electrons. The highest BCUT2D eigenvalue weighted by molar-refractivity contribution is 5.91. The monoisotopic (exact) mass is 328 g/mol. The van der Waals surface area contributed by atoms with Gasteiger partial charge in [0.15, 0.2) is 6.61 Å². The van der Waals surface area contributed by atoms with Crippen molar-refractivity contribution in [2.75, 3.05) is 43.1 Å². The number of nitrogens with one attached hydrogen (secondary N) is 1. The molecule has 126 valence electrons. The highest BCUT2D eigenvalue weighted by Crippen LogP contribution is 2.17. The maximum Gasteiger partial charge on any atom is 0.263 e. The van der Waals surface area contributed by atoms with Crippen molar-refractivity contribution in [3.63, 3.8) is 0 Å². The molecule has 1 aromatic carbocycles. The smallest absolute Gasteiger partial charge is 0.263 e. The number of hydrogen-bond donors (Lipinski definition) is 1. The molecule has 1 aromatic heterocycles. The predicted octanol–water partition coefficient (Wildman–Crippen LogP) is 1.64. The van der Waals surface area contributed by atoms with Crippen LogP contribution in [0.15, 0.2) is 36.7 Å². The van der Waals surface area contributed by atoms with Crippen molar-refractivity contribution in [3.8, 4) is 5.75 Å². The number of aryl methyl sites for hydroxylation is 1. The minimum Gasteiger partial charge on any atom is -0.483 e. The van der Waals surface area contributed by atoms with Crippen LogP contribution in [0.2, 0.25) is 0 Å². The Morgan fingerprint density at radius 3 is 2.88 bits per heavy atom. The van der Waals surface area contributed by atoms with Crippen LogP contribution in [0.4, 0.5) is 11.6 Å². The van der Waals surface area contributed by atoms with Crippen molar-refractivity contribution in [1.82, 2.24) is 9.97 Å². The fourth-order valence-electron chi connectivity index (χ4n) is 2.42. The number of carbonyl (C=O) groups is 1. The molecule has 7 nitrogen and oxygen atoms in total. The van der Waals surface area contributed by atoms with E-state index in [-0.39, 0.29) is 12.5 Å². The third-order valence-corrected chi connectivity index (χ3v) is 3.71. The summed E-state index contributed by atoms with van der Waals surface area (Å²) in [4.78, 5) is 22.5. The summed E-state index contributed by atoms with van der Waals surface area (Å²) in [5, 5.41) is 2.74. The van der Waals surface area contributed by atoms with Gasteiger partial charge in [-0.15, -0.1) is 0 Å². The normalized spacial score (nSPS) is 14.3. The van der Waals surface area contributed by atoms with E-state index >= 15 is 0 Å². The van der Waals surface area contributed by atoms with E-state index in [1.165, 1.54) is 6.33 Å². The fraction of sp³-hybridized carbons (Fsp3) is 0.353. The lowest BCUT2D eigenvalue weighted by Gasteiger charge is -2.27. The first-order chi connectivity index (χ1) is 11.7. The second-order valence-corrected chi connectivity index (χ2v) is 5.46. The second-order valence-electron chi connectivity index (χ2n) is 5.46. The predicted molar refractivity (Wildman–Crippen MR) is 90.4 cm³/mol. The molecular weight excluding hydrogens is 308 g/mol. The summed E-state index contributed by atoms with van der Waals surface area (Å²) in [6, 6.07) is 9.34. The summed E-state index contributed by atoms with van der Waals surface area (Å²) >= 11 is 0. The minimum atomic E-state index is -0.259. The Morgan fingerprint density at radius 2 is 2.08 bits per heavy atom. The van der Waals surface area contributed by atoms with Crippen LogP contribution in [0.1, 0.15) is 5.56 Å². The number of anilines is 2. The molecule has 2 heterocycles. The average molecular weight is 328 g/mol. The zero-order chi connectivity index (χ0) is 16.8. The van der Waals surface area contributed by atoms with Gasteiger partial charge >= 0.3 is 0 Å². The van der Waals surface area contributed by atoms with E-state index in [2.05, 4.69) is 20.2 Å². The number of benzene rings is 1. The van der Waals surface area contributed by atoms with E-state index in [0.717, 1.165) is 24.5 Å². The van der Waals surface area contributed by atoms with Gasteiger partial charge in [0.2, 0.25) is 0 Å². The van der Waals surface area contributed by atoms with Crippen LogP contribution in [-0.2, 0) is 9.53 Å². The van der Waals surface area contributed by atoms with Gasteiger partial charge in [0.1, 0.15) is 23.7 Å². The van der Waals surface area contributed by atoms with Gasteiger partial charge < -0.3 is 19.7 Å². The number of hydrogen-bond acceptors (Lipinski definition) is 6. The molecule has 0 aliphatic carbocycles. The van der Waals surface area contributed by atoms with E-state index < -0.39 is 0 Å². The lowest BCUT2D eigenvalue weighted by Crippen LogP contribution is -2.36. The third-order valence-electron chi connectivity index (χ3n) is 3.71. The lowest BCUT2D eigenvalue weighted by molar-refractivity contribution is -0.118. The Morgan fingerprint density at radius 1 is 1.29 bits per heavy atom. The molecule has 3 rings (SSSR count). The van der Waals surface area contributed by atoms with Crippen LogP contribution >= 0.6 is 0 Å². The first-order valence-electron chi connectivity index (χ1n) is 7.85. The number of morpholine rings is 1. The third kappa shape index (κ3) is 4.20. The molecule has 1 aliphatic rings. The molecule has 1 aliphatic heterocycles. The maximum atomic E-state index is 12.1. The molecule has 0 saturated carbocycles. The lowest BCUT2D eigenvalue weighted by atomic mass is 10.2. The minimum absolute atomic E-state index is 0.0677. The summed E-state index contributed by atoms with van der Waals surface area (Å²) in [6.45, 7) is 4.78. The molecule has 0 bridgehead atoms. The molecule has 2 aromatic rings. The van der Waals surface area contributed by atoms with Crippen molar-refractivity contribution < 1.29 is 14.3 Å². The van der Waals surface area contributed by atoms with Gasteiger partial charge in [0.25, 0.3) is 5.91 Å². The Labute approximate surface area is 140 Å². The first-order valence-corrected chi connectivity index (χ1v) is 7.85. The Hall–Kier alpha value is -2.67. The van der Waals surface area contributed by atoms with E-state index in [9.17, 15) is 4.79 Å². The van der Waals surface area contributed by atoms with E-state index in [0.29, 0.717) is 24.8 Å². The van der Waals surface area contributed by atoms with Crippen LogP contribution in [0.25, 0.3) is 0 Å². The summed E-state index contributed by atoms with van der Waals surface area (Å²) < 4.78 is 10.9. The summed E-state index contributed by atoms with van der Waals surface area (Å²) in [5.74, 6) is 1.68. The molecule has 1 saturated heterocycles. The molecule has 0 unspecified atom stereocenters. The number of amides is 1. The fourth-order valence-corrected chi connectivity index (χ4v) is 2.42. The van der Waals surface area contributed by atoms with E-state index in [4.69, 9.17) is 9.47 Å². The Balaban J connectivity index is 1.57. The quantitative estimate of drug-likeness (QED) is 0.899. The summed E-state index contributed by atoms with van der Waals surface area (Å²) in [7, 11) is 0. The molecule has 0 atom stereocenters. The van der Waals surface area contributed by atoms with Gasteiger partial charge in [0.05, 0.1) is 13.2 Å². The van der Waals surface area contributed by atoms with Crippen molar-refractivity contribution in [2.24, 2.45) is 0 Å². The van der Waals surface area contributed by atoms with E-state index in [1.807, 2.05) is 31.2 Å². The molecular formula is C17H20N4O3. The Kier molecular flexibility index (Phi) is 5.22. The highest BCUT2D eigenvalue weighted by atomic mass is 16.5. The SMILES string of the molecule is Cc1ccccc1OCC(=O)Nc1cc(N2CCOCC2)ncn1. The number of ether oxygens (including phenoxy) is 2. The van der Waals surface area contributed by atoms with Crippen LogP contribution < -0.4 is 15.0 Å².